The molecule has 1 aromatic carbocycles. The highest BCUT2D eigenvalue weighted by atomic mass is 16.6. The van der Waals surface area contributed by atoms with Gasteiger partial charge in [0.15, 0.2) is 0 Å². The molecule has 1 aromatic rings. The molecule has 3 rings (SSSR count). The summed E-state index contributed by atoms with van der Waals surface area (Å²) in [6, 6.07) is 5.72. The van der Waals surface area contributed by atoms with E-state index < -0.39 is 11.0 Å². The first-order valence-corrected chi connectivity index (χ1v) is 9.54. The number of anilines is 1. The van der Waals surface area contributed by atoms with Crippen molar-refractivity contribution in [3.63, 3.8) is 0 Å². The van der Waals surface area contributed by atoms with Crippen LogP contribution in [0.25, 0.3) is 0 Å². The Kier molecular flexibility index (Phi) is 6.05. The quantitative estimate of drug-likeness (QED) is 0.630. The number of nitrogens with one attached hydrogen (secondary N) is 1. The van der Waals surface area contributed by atoms with E-state index in [9.17, 15) is 19.7 Å². The highest BCUT2D eigenvalue weighted by Crippen LogP contribution is 2.26. The van der Waals surface area contributed by atoms with Crippen LogP contribution in [0.1, 0.15) is 32.6 Å². The SMILES string of the molecule is CC(C(=O)Nc1ccccc1[N+](=O)[O-])N1CCC(C(=O)N2CCCC2)CC1. The molecule has 0 bridgehead atoms. The van der Waals surface area contributed by atoms with Gasteiger partial charge in [-0.1, -0.05) is 12.1 Å². The first kappa shape index (κ1) is 19.3. The van der Waals surface area contributed by atoms with E-state index in [-0.39, 0.29) is 29.1 Å². The number of hydrogen-bond donors (Lipinski definition) is 1. The number of carbonyl (C=O) groups is 2. The number of carbonyl (C=O) groups excluding carboxylic acids is 2. The molecule has 2 aliphatic heterocycles. The Morgan fingerprint density at radius 1 is 1.15 bits per heavy atom. The van der Waals surface area contributed by atoms with Crippen LogP contribution in [0.4, 0.5) is 11.4 Å². The van der Waals surface area contributed by atoms with Crippen molar-refractivity contribution in [1.82, 2.24) is 9.80 Å². The molecular weight excluding hydrogens is 348 g/mol. The zero-order chi connectivity index (χ0) is 19.4. The summed E-state index contributed by atoms with van der Waals surface area (Å²) in [6.07, 6.45) is 3.68. The maximum atomic E-state index is 12.6. The summed E-state index contributed by atoms with van der Waals surface area (Å²) in [5.74, 6) is 0.0302. The molecule has 2 aliphatic rings. The maximum Gasteiger partial charge on any atom is 0.292 e. The van der Waals surface area contributed by atoms with Gasteiger partial charge in [-0.05, 0) is 51.8 Å². The van der Waals surface area contributed by atoms with Gasteiger partial charge >= 0.3 is 0 Å². The molecule has 1 N–H and O–H groups in total. The van der Waals surface area contributed by atoms with E-state index in [0.717, 1.165) is 38.8 Å². The van der Waals surface area contributed by atoms with Crippen LogP contribution in [0.5, 0.6) is 0 Å². The van der Waals surface area contributed by atoms with Crippen LogP contribution in [-0.2, 0) is 9.59 Å². The largest absolute Gasteiger partial charge is 0.342 e. The number of rotatable bonds is 5. The molecule has 146 valence electrons. The topological polar surface area (TPSA) is 95.8 Å². The molecule has 0 radical (unpaired) electrons. The third kappa shape index (κ3) is 4.44. The van der Waals surface area contributed by atoms with Gasteiger partial charge in [0, 0.05) is 25.1 Å². The molecule has 2 heterocycles. The average Bonchev–Trinajstić information content (AvgIpc) is 3.22. The van der Waals surface area contributed by atoms with Gasteiger partial charge in [-0.15, -0.1) is 0 Å². The minimum Gasteiger partial charge on any atom is -0.342 e. The van der Waals surface area contributed by atoms with Crippen molar-refractivity contribution in [3.8, 4) is 0 Å². The molecular formula is C19H26N4O4. The molecule has 27 heavy (non-hydrogen) atoms. The van der Waals surface area contributed by atoms with E-state index in [2.05, 4.69) is 5.32 Å². The number of likely N-dealkylation sites (tertiary alicyclic amines) is 2. The first-order chi connectivity index (χ1) is 13.0. The molecule has 1 atom stereocenters. The summed E-state index contributed by atoms with van der Waals surface area (Å²) in [4.78, 5) is 39.7. The fourth-order valence-corrected chi connectivity index (χ4v) is 3.87. The first-order valence-electron chi connectivity index (χ1n) is 9.54. The second-order valence-electron chi connectivity index (χ2n) is 7.28. The van der Waals surface area contributed by atoms with Crippen LogP contribution in [0.3, 0.4) is 0 Å². The highest BCUT2D eigenvalue weighted by molar-refractivity contribution is 5.96. The van der Waals surface area contributed by atoms with E-state index in [1.54, 1.807) is 19.1 Å². The Morgan fingerprint density at radius 2 is 1.78 bits per heavy atom. The molecule has 0 aromatic heterocycles. The molecule has 0 aliphatic carbocycles. The van der Waals surface area contributed by atoms with E-state index in [1.807, 2.05) is 9.80 Å². The number of amides is 2. The van der Waals surface area contributed by atoms with Crippen molar-refractivity contribution in [3.05, 3.63) is 34.4 Å². The standard InChI is InChI=1S/C19H26N4O4/c1-14(18(24)20-16-6-2-3-7-17(16)23(26)27)21-12-8-15(9-13-21)19(25)22-10-4-5-11-22/h2-3,6-7,14-15H,4-5,8-13H2,1H3,(H,20,24). The minimum absolute atomic E-state index is 0.0461. The van der Waals surface area contributed by atoms with Crippen molar-refractivity contribution < 1.29 is 14.5 Å². The van der Waals surface area contributed by atoms with Crippen molar-refractivity contribution in [2.45, 2.75) is 38.6 Å². The van der Waals surface area contributed by atoms with Crippen molar-refractivity contribution in [2.75, 3.05) is 31.5 Å². The van der Waals surface area contributed by atoms with Gasteiger partial charge < -0.3 is 10.2 Å². The third-order valence-corrected chi connectivity index (χ3v) is 5.58. The Balaban J connectivity index is 1.54. The second-order valence-corrected chi connectivity index (χ2v) is 7.28. The van der Waals surface area contributed by atoms with Crippen LogP contribution in [-0.4, -0.2) is 58.8 Å². The number of nitrogens with zero attached hydrogens (tertiary/aromatic N) is 3. The van der Waals surface area contributed by atoms with E-state index in [4.69, 9.17) is 0 Å². The smallest absolute Gasteiger partial charge is 0.292 e. The zero-order valence-corrected chi connectivity index (χ0v) is 15.6. The number of nitro benzene ring substituents is 1. The second kappa shape index (κ2) is 8.47. The van der Waals surface area contributed by atoms with Gasteiger partial charge in [0.05, 0.1) is 11.0 Å². The van der Waals surface area contributed by atoms with Crippen LogP contribution in [0.2, 0.25) is 0 Å². The van der Waals surface area contributed by atoms with Gasteiger partial charge in [0.2, 0.25) is 11.8 Å². The molecule has 2 saturated heterocycles. The Morgan fingerprint density at radius 3 is 2.41 bits per heavy atom. The number of hydrogen-bond acceptors (Lipinski definition) is 5. The minimum atomic E-state index is -0.504. The zero-order valence-electron chi connectivity index (χ0n) is 15.6. The summed E-state index contributed by atoms with van der Waals surface area (Å²) in [6.45, 7) is 4.89. The highest BCUT2D eigenvalue weighted by Gasteiger charge is 2.33. The van der Waals surface area contributed by atoms with Gasteiger partial charge in [-0.25, -0.2) is 0 Å². The lowest BCUT2D eigenvalue weighted by Crippen LogP contribution is -2.48. The van der Waals surface area contributed by atoms with Gasteiger partial charge in [0.25, 0.3) is 5.69 Å². The van der Waals surface area contributed by atoms with E-state index >= 15 is 0 Å². The Hall–Kier alpha value is -2.48. The summed E-state index contributed by atoms with van der Waals surface area (Å²) in [7, 11) is 0. The van der Waals surface area contributed by atoms with E-state index in [1.165, 1.54) is 12.1 Å². The molecule has 0 saturated carbocycles. The average molecular weight is 374 g/mol. The number of piperidine rings is 1. The number of para-hydroxylation sites is 2. The predicted molar refractivity (Wildman–Crippen MR) is 101 cm³/mol. The molecule has 2 fully saturated rings. The normalized spacial score (nSPS) is 19.7. The molecule has 0 spiro atoms. The Labute approximate surface area is 158 Å². The van der Waals surface area contributed by atoms with Gasteiger partial charge in [-0.3, -0.25) is 24.6 Å². The van der Waals surface area contributed by atoms with Gasteiger partial charge in [-0.2, -0.15) is 0 Å². The van der Waals surface area contributed by atoms with Crippen LogP contribution < -0.4 is 5.32 Å². The van der Waals surface area contributed by atoms with Crippen molar-refractivity contribution in [1.29, 1.82) is 0 Å². The maximum absolute atomic E-state index is 12.6. The fourth-order valence-electron chi connectivity index (χ4n) is 3.87. The lowest BCUT2D eigenvalue weighted by Gasteiger charge is -2.35. The number of benzene rings is 1. The lowest BCUT2D eigenvalue weighted by atomic mass is 9.94. The summed E-state index contributed by atoms with van der Waals surface area (Å²) in [5, 5.41) is 13.8. The van der Waals surface area contributed by atoms with Crippen LogP contribution >= 0.6 is 0 Å². The van der Waals surface area contributed by atoms with Crippen molar-refractivity contribution in [2.24, 2.45) is 5.92 Å². The predicted octanol–water partition coefficient (Wildman–Crippen LogP) is 2.26. The fraction of sp³-hybridized carbons (Fsp3) is 0.579. The number of nitro groups is 1. The van der Waals surface area contributed by atoms with Crippen molar-refractivity contribution >= 4 is 23.2 Å². The molecule has 8 nitrogen and oxygen atoms in total. The molecule has 1 unspecified atom stereocenters. The van der Waals surface area contributed by atoms with Crippen LogP contribution in [0.15, 0.2) is 24.3 Å². The lowest BCUT2D eigenvalue weighted by molar-refractivity contribution is -0.383. The summed E-state index contributed by atoms with van der Waals surface area (Å²) >= 11 is 0. The Bertz CT molecular complexity index is 709. The monoisotopic (exact) mass is 374 g/mol. The van der Waals surface area contributed by atoms with Crippen LogP contribution in [0, 0.1) is 16.0 Å². The molecule has 8 heteroatoms. The van der Waals surface area contributed by atoms with Gasteiger partial charge in [0.1, 0.15) is 5.69 Å². The summed E-state index contributed by atoms with van der Waals surface area (Å²) in [5.41, 5.74) is 0.0893. The van der Waals surface area contributed by atoms with E-state index in [0.29, 0.717) is 13.1 Å². The summed E-state index contributed by atoms with van der Waals surface area (Å²) < 4.78 is 0. The molecule has 2 amide bonds. The third-order valence-electron chi connectivity index (χ3n) is 5.58.